The molecule has 0 aliphatic heterocycles. The second kappa shape index (κ2) is 5.04. The molecule has 0 unspecified atom stereocenters. The number of pyridine rings is 1. The summed E-state index contributed by atoms with van der Waals surface area (Å²) in [6.07, 6.45) is 2.70. The third-order valence-electron chi connectivity index (χ3n) is 2.14. The lowest BCUT2D eigenvalue weighted by molar-refractivity contribution is 0.0690. The van der Waals surface area contributed by atoms with Crippen LogP contribution in [0.15, 0.2) is 24.5 Å². The second-order valence-electron chi connectivity index (χ2n) is 3.39. The van der Waals surface area contributed by atoms with Gasteiger partial charge in [0.2, 0.25) is 0 Å². The number of nitrogens with one attached hydrogen (secondary N) is 2. The molecule has 92 valence electrons. The van der Waals surface area contributed by atoms with Crippen LogP contribution in [0, 0.1) is 0 Å². The standard InChI is InChI=1S/C10H9N5O3/c16-9(8-5-13-15-14-8)12-4-6-1-2-7(10(17)18)11-3-6/h1-3,5H,4H2,(H,12,16)(H,17,18)(H,13,14,15). The number of nitrogens with zero attached hydrogens (tertiary/aromatic N) is 3. The molecule has 0 radical (unpaired) electrons. The number of carbonyl (C=O) groups is 2. The molecular weight excluding hydrogens is 238 g/mol. The molecule has 0 aromatic carbocycles. The van der Waals surface area contributed by atoms with Gasteiger partial charge in [-0.3, -0.25) is 4.79 Å². The minimum absolute atomic E-state index is 0.0402. The summed E-state index contributed by atoms with van der Waals surface area (Å²) >= 11 is 0. The van der Waals surface area contributed by atoms with Crippen molar-refractivity contribution >= 4 is 11.9 Å². The van der Waals surface area contributed by atoms with E-state index in [1.54, 1.807) is 6.07 Å². The lowest BCUT2D eigenvalue weighted by Gasteiger charge is -2.02. The number of carboxylic acid groups (broad SMARTS) is 1. The van der Waals surface area contributed by atoms with E-state index in [0.717, 1.165) is 0 Å². The number of H-pyrrole nitrogens is 1. The average Bonchev–Trinajstić information content (AvgIpc) is 2.90. The first-order chi connectivity index (χ1) is 8.66. The van der Waals surface area contributed by atoms with Gasteiger partial charge in [0, 0.05) is 12.7 Å². The highest BCUT2D eigenvalue weighted by Gasteiger charge is 2.08. The highest BCUT2D eigenvalue weighted by atomic mass is 16.4. The molecule has 18 heavy (non-hydrogen) atoms. The summed E-state index contributed by atoms with van der Waals surface area (Å²) in [7, 11) is 0. The van der Waals surface area contributed by atoms with Gasteiger partial charge in [0.25, 0.3) is 5.91 Å². The second-order valence-corrected chi connectivity index (χ2v) is 3.39. The number of carbonyl (C=O) groups excluding carboxylic acids is 1. The molecule has 2 aromatic heterocycles. The van der Waals surface area contributed by atoms with E-state index in [2.05, 4.69) is 25.7 Å². The molecule has 0 aliphatic carbocycles. The Hall–Kier alpha value is -2.77. The Bertz CT molecular complexity index is 549. The van der Waals surface area contributed by atoms with Crippen LogP contribution >= 0.6 is 0 Å². The lowest BCUT2D eigenvalue weighted by Crippen LogP contribution is -2.23. The van der Waals surface area contributed by atoms with E-state index in [0.29, 0.717) is 5.56 Å². The van der Waals surface area contributed by atoms with Crippen LogP contribution in [0.4, 0.5) is 0 Å². The summed E-state index contributed by atoms with van der Waals surface area (Å²) in [4.78, 5) is 25.8. The predicted octanol–water partition coefficient (Wildman–Crippen LogP) is -0.172. The summed E-state index contributed by atoms with van der Waals surface area (Å²) in [6, 6.07) is 2.96. The minimum atomic E-state index is -1.09. The van der Waals surface area contributed by atoms with Crippen molar-refractivity contribution in [2.45, 2.75) is 6.54 Å². The molecular formula is C10H9N5O3. The Labute approximate surface area is 101 Å². The zero-order chi connectivity index (χ0) is 13.0. The van der Waals surface area contributed by atoms with E-state index in [1.807, 2.05) is 0 Å². The van der Waals surface area contributed by atoms with Crippen LogP contribution in [0.5, 0.6) is 0 Å². The quantitative estimate of drug-likeness (QED) is 0.689. The number of aromatic nitrogens is 4. The van der Waals surface area contributed by atoms with Crippen LogP contribution in [0.2, 0.25) is 0 Å². The molecule has 0 spiro atoms. The molecule has 0 atom stereocenters. The highest BCUT2D eigenvalue weighted by molar-refractivity contribution is 5.91. The van der Waals surface area contributed by atoms with Crippen molar-refractivity contribution in [1.29, 1.82) is 0 Å². The van der Waals surface area contributed by atoms with Gasteiger partial charge in [-0.2, -0.15) is 15.4 Å². The fourth-order valence-electron chi connectivity index (χ4n) is 1.24. The summed E-state index contributed by atoms with van der Waals surface area (Å²) in [5.41, 5.74) is 0.837. The zero-order valence-electron chi connectivity index (χ0n) is 9.12. The van der Waals surface area contributed by atoms with Crippen LogP contribution in [-0.2, 0) is 6.54 Å². The monoisotopic (exact) mass is 247 g/mol. The topological polar surface area (TPSA) is 121 Å². The van der Waals surface area contributed by atoms with E-state index in [4.69, 9.17) is 5.11 Å². The smallest absolute Gasteiger partial charge is 0.354 e. The van der Waals surface area contributed by atoms with Crippen LogP contribution in [-0.4, -0.2) is 37.4 Å². The molecule has 8 nitrogen and oxygen atoms in total. The molecule has 1 amide bonds. The maximum absolute atomic E-state index is 11.5. The highest BCUT2D eigenvalue weighted by Crippen LogP contribution is 2.00. The van der Waals surface area contributed by atoms with Crippen LogP contribution in [0.25, 0.3) is 0 Å². The third-order valence-corrected chi connectivity index (χ3v) is 2.14. The molecule has 3 N–H and O–H groups in total. The van der Waals surface area contributed by atoms with Gasteiger partial charge in [0.05, 0.1) is 6.20 Å². The zero-order valence-corrected chi connectivity index (χ0v) is 9.12. The lowest BCUT2D eigenvalue weighted by atomic mass is 10.2. The first kappa shape index (κ1) is 11.7. The number of rotatable bonds is 4. The van der Waals surface area contributed by atoms with Crippen molar-refractivity contribution in [2.24, 2.45) is 0 Å². The molecule has 8 heteroatoms. The molecule has 0 saturated carbocycles. The molecule has 2 rings (SSSR count). The van der Waals surface area contributed by atoms with Crippen molar-refractivity contribution < 1.29 is 14.7 Å². The van der Waals surface area contributed by atoms with Gasteiger partial charge in [-0.1, -0.05) is 6.07 Å². The molecule has 0 aliphatic rings. The Morgan fingerprint density at radius 3 is 2.67 bits per heavy atom. The molecule has 2 aromatic rings. The number of hydrogen-bond acceptors (Lipinski definition) is 5. The SMILES string of the molecule is O=C(O)c1ccc(CNC(=O)c2cn[nH]n2)cn1. The van der Waals surface area contributed by atoms with E-state index in [9.17, 15) is 9.59 Å². The van der Waals surface area contributed by atoms with Gasteiger partial charge in [-0.05, 0) is 11.6 Å². The van der Waals surface area contributed by atoms with Crippen LogP contribution in [0.1, 0.15) is 26.5 Å². The average molecular weight is 247 g/mol. The first-order valence-corrected chi connectivity index (χ1v) is 4.99. The largest absolute Gasteiger partial charge is 0.477 e. The molecule has 0 bridgehead atoms. The van der Waals surface area contributed by atoms with Crippen molar-refractivity contribution in [3.63, 3.8) is 0 Å². The normalized spacial score (nSPS) is 10.0. The van der Waals surface area contributed by atoms with Crippen molar-refractivity contribution in [2.75, 3.05) is 0 Å². The van der Waals surface area contributed by atoms with E-state index >= 15 is 0 Å². The van der Waals surface area contributed by atoms with Gasteiger partial charge < -0.3 is 10.4 Å². The number of aromatic carboxylic acids is 1. The predicted molar refractivity (Wildman–Crippen MR) is 58.7 cm³/mol. The van der Waals surface area contributed by atoms with Gasteiger partial charge in [0.15, 0.2) is 5.69 Å². The van der Waals surface area contributed by atoms with Gasteiger partial charge in [-0.25, -0.2) is 9.78 Å². The van der Waals surface area contributed by atoms with E-state index < -0.39 is 5.97 Å². The summed E-state index contributed by atoms with van der Waals surface area (Å²) in [5, 5.41) is 20.7. The summed E-state index contributed by atoms with van der Waals surface area (Å²) in [5.74, 6) is -1.46. The fourth-order valence-corrected chi connectivity index (χ4v) is 1.24. The fraction of sp³-hybridized carbons (Fsp3) is 0.100. The van der Waals surface area contributed by atoms with Crippen molar-refractivity contribution in [3.8, 4) is 0 Å². The Morgan fingerprint density at radius 1 is 1.28 bits per heavy atom. The van der Waals surface area contributed by atoms with Crippen LogP contribution in [0.3, 0.4) is 0 Å². The number of carboxylic acids is 1. The third kappa shape index (κ3) is 2.67. The molecule has 2 heterocycles. The van der Waals surface area contributed by atoms with E-state index in [1.165, 1.54) is 18.5 Å². The van der Waals surface area contributed by atoms with Gasteiger partial charge in [0.1, 0.15) is 5.69 Å². The maximum Gasteiger partial charge on any atom is 0.354 e. The maximum atomic E-state index is 11.5. The van der Waals surface area contributed by atoms with Gasteiger partial charge in [-0.15, -0.1) is 0 Å². The van der Waals surface area contributed by atoms with Crippen LogP contribution < -0.4 is 5.32 Å². The van der Waals surface area contributed by atoms with Crippen molar-refractivity contribution in [1.82, 2.24) is 25.7 Å². The Balaban J connectivity index is 1.94. The van der Waals surface area contributed by atoms with Gasteiger partial charge >= 0.3 is 5.97 Å². The molecule has 0 saturated heterocycles. The minimum Gasteiger partial charge on any atom is -0.477 e. The van der Waals surface area contributed by atoms with Crippen molar-refractivity contribution in [3.05, 3.63) is 41.5 Å². The van der Waals surface area contributed by atoms with E-state index in [-0.39, 0.29) is 23.8 Å². The number of aromatic amines is 1. The summed E-state index contributed by atoms with van der Waals surface area (Å²) < 4.78 is 0. The molecule has 0 fully saturated rings. The first-order valence-electron chi connectivity index (χ1n) is 4.99. The Morgan fingerprint density at radius 2 is 2.11 bits per heavy atom. The number of hydrogen-bond donors (Lipinski definition) is 3. The summed E-state index contributed by atoms with van der Waals surface area (Å²) in [6.45, 7) is 0.235. The Kier molecular flexibility index (Phi) is 3.28. The number of amides is 1.